The normalized spacial score (nSPS) is 13.2. The number of nitrogens with one attached hydrogen (secondary N) is 2. The Bertz CT molecular complexity index is 1760. The molecular weight excluding hydrogens is 558 g/mol. The minimum atomic E-state index is -0.417. The highest BCUT2D eigenvalue weighted by atomic mass is 16.5. The first-order valence-corrected chi connectivity index (χ1v) is 15.2. The Kier molecular flexibility index (Phi) is 9.14. The van der Waals surface area contributed by atoms with Crippen LogP contribution < -0.4 is 10.6 Å². The zero-order chi connectivity index (χ0) is 31.0. The lowest BCUT2D eigenvalue weighted by molar-refractivity contribution is -0.110. The highest BCUT2D eigenvalue weighted by Gasteiger charge is 2.29. The quantitative estimate of drug-likeness (QED) is 0.120. The van der Waals surface area contributed by atoms with Crippen LogP contribution in [-0.2, 0) is 29.2 Å². The number of nitrogens with zero attached hydrogens (tertiary/aromatic N) is 1. The topological polar surface area (TPSA) is 70.7 Å². The molecular formula is C39H35N3O3. The van der Waals surface area contributed by atoms with Crippen LogP contribution in [0.2, 0.25) is 0 Å². The summed E-state index contributed by atoms with van der Waals surface area (Å²) >= 11 is 0. The van der Waals surface area contributed by atoms with Gasteiger partial charge >= 0.3 is 5.97 Å². The van der Waals surface area contributed by atoms with Gasteiger partial charge in [0, 0.05) is 30.9 Å². The van der Waals surface area contributed by atoms with Crippen molar-refractivity contribution in [2.75, 3.05) is 17.2 Å². The van der Waals surface area contributed by atoms with Crippen molar-refractivity contribution in [3.63, 3.8) is 0 Å². The van der Waals surface area contributed by atoms with E-state index >= 15 is 0 Å². The van der Waals surface area contributed by atoms with E-state index in [1.54, 1.807) is 25.1 Å². The fourth-order valence-electron chi connectivity index (χ4n) is 5.59. The number of fused-ring (bicyclic) bond motifs is 1. The van der Waals surface area contributed by atoms with E-state index in [4.69, 9.17) is 4.74 Å². The van der Waals surface area contributed by atoms with Crippen molar-refractivity contribution < 1.29 is 14.3 Å². The average molecular weight is 594 g/mol. The molecule has 0 atom stereocenters. The molecule has 0 aromatic heterocycles. The molecule has 0 radical (unpaired) electrons. The van der Waals surface area contributed by atoms with Crippen LogP contribution in [0.5, 0.6) is 0 Å². The molecule has 224 valence electrons. The van der Waals surface area contributed by atoms with Crippen molar-refractivity contribution in [1.29, 1.82) is 0 Å². The molecule has 0 spiro atoms. The molecule has 1 aliphatic rings. The molecule has 6 heteroatoms. The third-order valence-electron chi connectivity index (χ3n) is 7.72. The smallest absolute Gasteiger partial charge is 0.338 e. The lowest BCUT2D eigenvalue weighted by Gasteiger charge is -2.23. The van der Waals surface area contributed by atoms with Crippen molar-refractivity contribution in [2.45, 2.75) is 26.6 Å². The molecule has 0 saturated heterocycles. The molecule has 45 heavy (non-hydrogen) atoms. The van der Waals surface area contributed by atoms with Gasteiger partial charge in [-0.1, -0.05) is 109 Å². The van der Waals surface area contributed by atoms with Crippen molar-refractivity contribution in [2.24, 2.45) is 0 Å². The van der Waals surface area contributed by atoms with Gasteiger partial charge in [-0.2, -0.15) is 0 Å². The minimum Gasteiger partial charge on any atom is -0.462 e. The van der Waals surface area contributed by atoms with E-state index in [2.05, 4.69) is 88.3 Å². The number of esters is 1. The number of rotatable bonds is 11. The van der Waals surface area contributed by atoms with Crippen molar-refractivity contribution >= 4 is 34.5 Å². The molecule has 6 rings (SSSR count). The first-order chi connectivity index (χ1) is 22.1. The van der Waals surface area contributed by atoms with Crippen LogP contribution in [0, 0.1) is 0 Å². The highest BCUT2D eigenvalue weighted by Crippen LogP contribution is 2.38. The maximum absolute atomic E-state index is 13.4. The van der Waals surface area contributed by atoms with Gasteiger partial charge < -0.3 is 15.4 Å². The maximum atomic E-state index is 13.4. The van der Waals surface area contributed by atoms with Gasteiger partial charge in [0.05, 0.1) is 29.1 Å². The zero-order valence-electron chi connectivity index (χ0n) is 25.2. The number of anilines is 2. The third-order valence-corrected chi connectivity index (χ3v) is 7.72. The van der Waals surface area contributed by atoms with Gasteiger partial charge in [-0.25, -0.2) is 4.79 Å². The Morgan fingerprint density at radius 2 is 1.24 bits per heavy atom. The minimum absolute atomic E-state index is 0.230. The Labute approximate surface area is 264 Å². The van der Waals surface area contributed by atoms with Gasteiger partial charge in [0.25, 0.3) is 5.91 Å². The molecule has 0 saturated carbocycles. The molecule has 0 fully saturated rings. The third kappa shape index (κ3) is 7.20. The number of carbonyl (C=O) groups excluding carboxylic acids is 2. The zero-order valence-corrected chi connectivity index (χ0v) is 25.2. The number of benzene rings is 5. The fraction of sp³-hybridized carbons (Fsp3) is 0.128. The summed E-state index contributed by atoms with van der Waals surface area (Å²) in [5, 5.41) is 6.48. The monoisotopic (exact) mass is 593 g/mol. The van der Waals surface area contributed by atoms with Crippen molar-refractivity contribution in [1.82, 2.24) is 4.90 Å². The summed E-state index contributed by atoms with van der Waals surface area (Å²) in [5.41, 5.74) is 8.42. The van der Waals surface area contributed by atoms with Crippen LogP contribution in [0.3, 0.4) is 0 Å². The second-order valence-corrected chi connectivity index (χ2v) is 11.0. The standard InChI is InChI=1S/C39H35N3O3/c1-2-45-39(44)32-20-23-34-35(24-32)41-38(43)36(34)37(31-16-10-5-11-17-31)40-33-21-18-30(19-22-33)27-42(25-28-12-6-3-7-13-28)26-29-14-8-4-9-15-29/h3-24,40H,2,25-27H2,1H3,(H,41,43). The molecule has 5 aromatic rings. The molecule has 0 aliphatic carbocycles. The summed E-state index contributed by atoms with van der Waals surface area (Å²) in [6, 6.07) is 44.4. The van der Waals surface area contributed by atoms with E-state index in [0.29, 0.717) is 22.5 Å². The van der Waals surface area contributed by atoms with Crippen LogP contribution in [0.1, 0.15) is 45.1 Å². The van der Waals surface area contributed by atoms with Crippen LogP contribution >= 0.6 is 0 Å². The number of carbonyl (C=O) groups is 2. The number of hydrogen-bond donors (Lipinski definition) is 2. The largest absolute Gasteiger partial charge is 0.462 e. The fourth-order valence-corrected chi connectivity index (χ4v) is 5.59. The Balaban J connectivity index is 1.27. The molecule has 0 unspecified atom stereocenters. The second-order valence-electron chi connectivity index (χ2n) is 11.0. The Morgan fingerprint density at radius 1 is 0.689 bits per heavy atom. The van der Waals surface area contributed by atoms with Crippen LogP contribution in [-0.4, -0.2) is 23.4 Å². The Hall–Kier alpha value is -5.46. The summed E-state index contributed by atoms with van der Waals surface area (Å²) < 4.78 is 5.15. The number of amides is 1. The Morgan fingerprint density at radius 3 is 1.82 bits per heavy atom. The summed E-state index contributed by atoms with van der Waals surface area (Å²) in [7, 11) is 0. The predicted octanol–water partition coefficient (Wildman–Crippen LogP) is 8.00. The van der Waals surface area contributed by atoms with E-state index in [1.807, 2.05) is 42.5 Å². The van der Waals surface area contributed by atoms with E-state index in [-0.39, 0.29) is 12.5 Å². The first kappa shape index (κ1) is 29.6. The summed E-state index contributed by atoms with van der Waals surface area (Å²) in [6.07, 6.45) is 0. The lowest BCUT2D eigenvalue weighted by Crippen LogP contribution is -2.22. The van der Waals surface area contributed by atoms with Gasteiger partial charge in [0.1, 0.15) is 0 Å². The molecule has 1 heterocycles. The van der Waals surface area contributed by atoms with Crippen molar-refractivity contribution in [3.8, 4) is 0 Å². The highest BCUT2D eigenvalue weighted by molar-refractivity contribution is 6.37. The summed E-state index contributed by atoms with van der Waals surface area (Å²) in [4.78, 5) is 28.1. The van der Waals surface area contributed by atoms with E-state index in [1.165, 1.54) is 16.7 Å². The van der Waals surface area contributed by atoms with Gasteiger partial charge in [-0.05, 0) is 53.4 Å². The van der Waals surface area contributed by atoms with Crippen LogP contribution in [0.4, 0.5) is 11.4 Å². The molecule has 0 bridgehead atoms. The number of ether oxygens (including phenoxy) is 1. The van der Waals surface area contributed by atoms with E-state index < -0.39 is 5.97 Å². The van der Waals surface area contributed by atoms with E-state index in [0.717, 1.165) is 36.4 Å². The van der Waals surface area contributed by atoms with E-state index in [9.17, 15) is 9.59 Å². The van der Waals surface area contributed by atoms with Crippen molar-refractivity contribution in [3.05, 3.63) is 167 Å². The van der Waals surface area contributed by atoms with Gasteiger partial charge in [0.15, 0.2) is 0 Å². The SMILES string of the molecule is CCOC(=O)c1ccc2c(c1)NC(=O)C2=C(Nc1ccc(CN(Cc2ccccc2)Cc2ccccc2)cc1)c1ccccc1. The molecule has 1 amide bonds. The molecule has 6 nitrogen and oxygen atoms in total. The lowest BCUT2D eigenvalue weighted by atomic mass is 9.99. The summed E-state index contributed by atoms with van der Waals surface area (Å²) in [5.74, 6) is -0.647. The number of hydrogen-bond acceptors (Lipinski definition) is 5. The maximum Gasteiger partial charge on any atom is 0.338 e. The van der Waals surface area contributed by atoms with Gasteiger partial charge in [0.2, 0.25) is 0 Å². The molecule has 2 N–H and O–H groups in total. The average Bonchev–Trinajstić information content (AvgIpc) is 3.40. The molecule has 1 aliphatic heterocycles. The van der Waals surface area contributed by atoms with Crippen LogP contribution in [0.25, 0.3) is 11.3 Å². The molecule has 5 aromatic carbocycles. The first-order valence-electron chi connectivity index (χ1n) is 15.2. The second kappa shape index (κ2) is 13.9. The van der Waals surface area contributed by atoms with Gasteiger partial charge in [-0.3, -0.25) is 9.69 Å². The summed E-state index contributed by atoms with van der Waals surface area (Å²) in [6.45, 7) is 4.52. The van der Waals surface area contributed by atoms with Gasteiger partial charge in [-0.15, -0.1) is 0 Å². The predicted molar refractivity (Wildman–Crippen MR) is 180 cm³/mol. The van der Waals surface area contributed by atoms with Crippen LogP contribution in [0.15, 0.2) is 133 Å².